The predicted molar refractivity (Wildman–Crippen MR) is 113 cm³/mol. The van der Waals surface area contributed by atoms with Gasteiger partial charge in [0, 0.05) is 6.54 Å². The Hall–Kier alpha value is -3.08. The molecule has 0 atom stereocenters. The van der Waals surface area contributed by atoms with Gasteiger partial charge < -0.3 is 14.6 Å². The Labute approximate surface area is 172 Å². The van der Waals surface area contributed by atoms with Gasteiger partial charge in [-0.3, -0.25) is 4.79 Å². The Kier molecular flexibility index (Phi) is 6.37. The zero-order valence-electron chi connectivity index (χ0n) is 17.8. The van der Waals surface area contributed by atoms with Crippen molar-refractivity contribution >= 4 is 5.91 Å². The molecular formula is C24H28N2O3. The summed E-state index contributed by atoms with van der Waals surface area (Å²) in [4.78, 5) is 12.4. The summed E-state index contributed by atoms with van der Waals surface area (Å²) in [6.07, 6.45) is 0.341. The third-order valence-electron chi connectivity index (χ3n) is 5.16. The highest BCUT2D eigenvalue weighted by molar-refractivity contribution is 5.78. The SMILES string of the molecule is Cc1cc(C)c(CNC(=O)Cc2ccc(OCc3c(C)noc3C)cc2)c(C)c1. The smallest absolute Gasteiger partial charge is 0.224 e. The molecule has 1 heterocycles. The zero-order valence-corrected chi connectivity index (χ0v) is 17.8. The second-order valence-electron chi connectivity index (χ2n) is 7.57. The van der Waals surface area contributed by atoms with E-state index in [1.165, 1.54) is 22.3 Å². The van der Waals surface area contributed by atoms with Crippen molar-refractivity contribution in [3.8, 4) is 5.75 Å². The summed E-state index contributed by atoms with van der Waals surface area (Å²) in [7, 11) is 0. The van der Waals surface area contributed by atoms with Crippen LogP contribution in [0.5, 0.6) is 5.75 Å². The lowest BCUT2D eigenvalue weighted by molar-refractivity contribution is -0.120. The molecule has 0 fully saturated rings. The van der Waals surface area contributed by atoms with Gasteiger partial charge in [0.05, 0.1) is 17.7 Å². The molecule has 1 N–H and O–H groups in total. The van der Waals surface area contributed by atoms with Gasteiger partial charge in [-0.1, -0.05) is 35.0 Å². The van der Waals surface area contributed by atoms with Gasteiger partial charge in [0.1, 0.15) is 18.1 Å². The van der Waals surface area contributed by atoms with Crippen molar-refractivity contribution in [2.45, 2.75) is 54.2 Å². The van der Waals surface area contributed by atoms with Crippen molar-refractivity contribution in [1.29, 1.82) is 0 Å². The predicted octanol–water partition coefficient (Wildman–Crippen LogP) is 4.65. The first-order valence-electron chi connectivity index (χ1n) is 9.80. The molecule has 0 radical (unpaired) electrons. The third-order valence-corrected chi connectivity index (χ3v) is 5.16. The standard InChI is InChI=1S/C24H28N2O3/c1-15-10-16(2)22(17(3)11-15)13-25-24(27)12-20-6-8-21(9-7-20)28-14-23-18(4)26-29-19(23)5/h6-11H,12-14H2,1-5H3,(H,25,27). The summed E-state index contributed by atoms with van der Waals surface area (Å²) in [5.41, 5.74) is 7.61. The summed E-state index contributed by atoms with van der Waals surface area (Å²) in [6, 6.07) is 11.9. The van der Waals surface area contributed by atoms with Crippen LogP contribution in [0.15, 0.2) is 40.9 Å². The minimum atomic E-state index is 0.00812. The van der Waals surface area contributed by atoms with Crippen molar-refractivity contribution in [2.75, 3.05) is 0 Å². The van der Waals surface area contributed by atoms with E-state index in [0.29, 0.717) is 19.6 Å². The van der Waals surface area contributed by atoms with E-state index in [1.807, 2.05) is 38.1 Å². The maximum atomic E-state index is 12.4. The number of nitrogens with zero attached hydrogens (tertiary/aromatic N) is 1. The molecule has 3 aromatic rings. The molecule has 3 rings (SSSR count). The fourth-order valence-corrected chi connectivity index (χ4v) is 3.49. The Morgan fingerprint density at radius 3 is 2.24 bits per heavy atom. The van der Waals surface area contributed by atoms with Crippen LogP contribution in [0.2, 0.25) is 0 Å². The molecule has 0 aliphatic heterocycles. The molecule has 152 valence electrons. The monoisotopic (exact) mass is 392 g/mol. The Morgan fingerprint density at radius 2 is 1.66 bits per heavy atom. The average molecular weight is 392 g/mol. The molecule has 0 spiro atoms. The van der Waals surface area contributed by atoms with E-state index in [0.717, 1.165) is 28.3 Å². The van der Waals surface area contributed by atoms with Crippen LogP contribution in [0, 0.1) is 34.6 Å². The number of amides is 1. The number of hydrogen-bond acceptors (Lipinski definition) is 4. The molecule has 1 amide bonds. The Bertz CT molecular complexity index is 961. The van der Waals surface area contributed by atoms with Gasteiger partial charge >= 0.3 is 0 Å². The molecule has 1 aromatic heterocycles. The van der Waals surface area contributed by atoms with Crippen LogP contribution in [0.25, 0.3) is 0 Å². The maximum Gasteiger partial charge on any atom is 0.224 e. The van der Waals surface area contributed by atoms with Gasteiger partial charge in [-0.25, -0.2) is 0 Å². The zero-order chi connectivity index (χ0) is 21.0. The van der Waals surface area contributed by atoms with Crippen LogP contribution in [0.1, 0.15) is 44.8 Å². The van der Waals surface area contributed by atoms with E-state index in [-0.39, 0.29) is 5.91 Å². The van der Waals surface area contributed by atoms with Crippen molar-refractivity contribution in [2.24, 2.45) is 0 Å². The molecule has 5 nitrogen and oxygen atoms in total. The van der Waals surface area contributed by atoms with Crippen molar-refractivity contribution in [1.82, 2.24) is 10.5 Å². The van der Waals surface area contributed by atoms with Crippen molar-refractivity contribution < 1.29 is 14.1 Å². The lowest BCUT2D eigenvalue weighted by Crippen LogP contribution is -2.25. The number of hydrogen-bond donors (Lipinski definition) is 1. The van der Waals surface area contributed by atoms with Gasteiger partial charge in [-0.15, -0.1) is 0 Å². The first-order valence-corrected chi connectivity index (χ1v) is 9.80. The van der Waals surface area contributed by atoms with E-state index in [2.05, 4.69) is 43.4 Å². The van der Waals surface area contributed by atoms with Gasteiger partial charge in [0.15, 0.2) is 0 Å². The third kappa shape index (κ3) is 5.25. The van der Waals surface area contributed by atoms with Crippen LogP contribution < -0.4 is 10.1 Å². The highest BCUT2D eigenvalue weighted by Crippen LogP contribution is 2.19. The molecule has 0 saturated heterocycles. The van der Waals surface area contributed by atoms with Crippen LogP contribution >= 0.6 is 0 Å². The fraction of sp³-hybridized carbons (Fsp3) is 0.333. The number of benzene rings is 2. The maximum absolute atomic E-state index is 12.4. The van der Waals surface area contributed by atoms with Crippen molar-refractivity contribution in [3.63, 3.8) is 0 Å². The number of aryl methyl sites for hydroxylation is 5. The molecule has 2 aromatic carbocycles. The molecule has 5 heteroatoms. The van der Waals surface area contributed by atoms with Gasteiger partial charge in [-0.2, -0.15) is 0 Å². The topological polar surface area (TPSA) is 64.4 Å². The first-order chi connectivity index (χ1) is 13.8. The van der Waals surface area contributed by atoms with Crippen LogP contribution in [-0.4, -0.2) is 11.1 Å². The van der Waals surface area contributed by atoms with E-state index in [4.69, 9.17) is 9.26 Å². The second-order valence-corrected chi connectivity index (χ2v) is 7.57. The summed E-state index contributed by atoms with van der Waals surface area (Å²) in [6.45, 7) is 11.0. The van der Waals surface area contributed by atoms with Gasteiger partial charge in [-0.05, 0) is 69.0 Å². The molecule has 29 heavy (non-hydrogen) atoms. The number of rotatable bonds is 7. The minimum absolute atomic E-state index is 0.00812. The quantitative estimate of drug-likeness (QED) is 0.635. The normalized spacial score (nSPS) is 10.8. The Morgan fingerprint density at radius 1 is 1.00 bits per heavy atom. The summed E-state index contributed by atoms with van der Waals surface area (Å²) >= 11 is 0. The summed E-state index contributed by atoms with van der Waals surface area (Å²) < 4.78 is 11.0. The highest BCUT2D eigenvalue weighted by atomic mass is 16.5. The van der Waals surface area contributed by atoms with E-state index in [9.17, 15) is 4.79 Å². The van der Waals surface area contributed by atoms with E-state index in [1.54, 1.807) is 0 Å². The van der Waals surface area contributed by atoms with Crippen molar-refractivity contribution in [3.05, 3.63) is 81.2 Å². The first kappa shape index (κ1) is 20.6. The number of nitrogens with one attached hydrogen (secondary N) is 1. The summed E-state index contributed by atoms with van der Waals surface area (Å²) in [5, 5.41) is 6.96. The molecule has 0 unspecified atom stereocenters. The number of carbonyl (C=O) groups excluding carboxylic acids is 1. The van der Waals surface area contributed by atoms with Crippen LogP contribution in [0.4, 0.5) is 0 Å². The number of carbonyl (C=O) groups is 1. The highest BCUT2D eigenvalue weighted by Gasteiger charge is 2.10. The van der Waals surface area contributed by atoms with E-state index >= 15 is 0 Å². The fourth-order valence-electron chi connectivity index (χ4n) is 3.49. The van der Waals surface area contributed by atoms with E-state index < -0.39 is 0 Å². The lowest BCUT2D eigenvalue weighted by Gasteiger charge is -2.12. The molecule has 0 bridgehead atoms. The second kappa shape index (κ2) is 8.95. The lowest BCUT2D eigenvalue weighted by atomic mass is 10.00. The van der Waals surface area contributed by atoms with Gasteiger partial charge in [0.2, 0.25) is 5.91 Å². The van der Waals surface area contributed by atoms with Gasteiger partial charge in [0.25, 0.3) is 0 Å². The molecule has 0 aliphatic carbocycles. The van der Waals surface area contributed by atoms with Crippen LogP contribution in [0.3, 0.4) is 0 Å². The molecule has 0 saturated carbocycles. The summed E-state index contributed by atoms with van der Waals surface area (Å²) in [5.74, 6) is 1.53. The largest absolute Gasteiger partial charge is 0.489 e. The Balaban J connectivity index is 1.52. The number of ether oxygens (including phenoxy) is 1. The average Bonchev–Trinajstić information content (AvgIpc) is 2.98. The van der Waals surface area contributed by atoms with Crippen LogP contribution in [-0.2, 0) is 24.4 Å². The number of aromatic nitrogens is 1. The minimum Gasteiger partial charge on any atom is -0.489 e. The molecule has 0 aliphatic rings. The molecular weight excluding hydrogens is 364 g/mol.